The summed E-state index contributed by atoms with van der Waals surface area (Å²) >= 11 is 0. The molecule has 0 saturated carbocycles. The van der Waals surface area contributed by atoms with Crippen molar-refractivity contribution in [1.82, 2.24) is 0 Å². The average molecular weight is 258 g/mol. The third-order valence-corrected chi connectivity index (χ3v) is 2.64. The van der Waals surface area contributed by atoms with Crippen molar-refractivity contribution in [2.75, 3.05) is 7.11 Å². The van der Waals surface area contributed by atoms with Gasteiger partial charge in [-0.15, -0.1) is 0 Å². The van der Waals surface area contributed by atoms with E-state index in [2.05, 4.69) is 0 Å². The molecule has 0 aromatic heterocycles. The lowest BCUT2D eigenvalue weighted by Gasteiger charge is -2.15. The van der Waals surface area contributed by atoms with E-state index in [-0.39, 0.29) is 0 Å². The Morgan fingerprint density at radius 1 is 1.00 bits per heavy atom. The molecule has 0 amide bonds. The van der Waals surface area contributed by atoms with Gasteiger partial charge in [-0.1, -0.05) is 30.3 Å². The molecule has 4 nitrogen and oxygen atoms in total. The van der Waals surface area contributed by atoms with Gasteiger partial charge in [0, 0.05) is 5.56 Å². The van der Waals surface area contributed by atoms with Crippen LogP contribution in [0.1, 0.15) is 11.7 Å². The first-order valence-electron chi connectivity index (χ1n) is 5.79. The second kappa shape index (κ2) is 5.91. The number of hydrogen-bond donors (Lipinski definition) is 1. The molecule has 0 aliphatic carbocycles. The Morgan fingerprint density at radius 2 is 1.63 bits per heavy atom. The van der Waals surface area contributed by atoms with Gasteiger partial charge in [0.25, 0.3) is 0 Å². The van der Waals surface area contributed by atoms with Crippen LogP contribution >= 0.6 is 0 Å². The first-order valence-corrected chi connectivity index (χ1v) is 5.79. The lowest BCUT2D eigenvalue weighted by molar-refractivity contribution is -0.145. The minimum atomic E-state index is -1.03. The van der Waals surface area contributed by atoms with Gasteiger partial charge in [-0.25, -0.2) is 4.79 Å². The second-order valence-corrected chi connectivity index (χ2v) is 3.92. The van der Waals surface area contributed by atoms with Crippen LogP contribution in [0.4, 0.5) is 0 Å². The molecule has 19 heavy (non-hydrogen) atoms. The molecule has 1 atom stereocenters. The smallest absolute Gasteiger partial charge is 0.349 e. The number of hydrogen-bond acceptors (Lipinski definition) is 3. The molecular formula is C15H14O4. The number of benzene rings is 2. The predicted octanol–water partition coefficient (Wildman–Crippen LogP) is 2.90. The zero-order valence-corrected chi connectivity index (χ0v) is 10.4. The maximum Gasteiger partial charge on any atom is 0.349 e. The van der Waals surface area contributed by atoms with E-state index in [0.717, 1.165) is 0 Å². The number of ether oxygens (including phenoxy) is 2. The fourth-order valence-corrected chi connectivity index (χ4v) is 1.67. The Kier molecular flexibility index (Phi) is 4.03. The average Bonchev–Trinajstić information content (AvgIpc) is 2.46. The zero-order valence-electron chi connectivity index (χ0n) is 10.4. The molecule has 0 aliphatic rings. The third-order valence-electron chi connectivity index (χ3n) is 2.64. The Morgan fingerprint density at radius 3 is 2.16 bits per heavy atom. The van der Waals surface area contributed by atoms with E-state index in [4.69, 9.17) is 9.47 Å². The van der Waals surface area contributed by atoms with Gasteiger partial charge in [0.2, 0.25) is 6.10 Å². The van der Waals surface area contributed by atoms with E-state index in [1.54, 1.807) is 55.6 Å². The molecule has 4 heteroatoms. The van der Waals surface area contributed by atoms with Gasteiger partial charge in [-0.2, -0.15) is 0 Å². The maximum atomic E-state index is 11.3. The molecule has 2 rings (SSSR count). The van der Waals surface area contributed by atoms with Crippen molar-refractivity contribution >= 4 is 5.97 Å². The summed E-state index contributed by atoms with van der Waals surface area (Å²) in [5.74, 6) is 0.160. The molecule has 0 aliphatic heterocycles. The number of methoxy groups -OCH3 is 1. The highest BCUT2D eigenvalue weighted by Gasteiger charge is 2.21. The fraction of sp³-hybridized carbons (Fsp3) is 0.133. The van der Waals surface area contributed by atoms with E-state index < -0.39 is 12.1 Å². The highest BCUT2D eigenvalue weighted by atomic mass is 16.5. The number of para-hydroxylation sites is 1. The summed E-state index contributed by atoms with van der Waals surface area (Å²) < 4.78 is 10.5. The SMILES string of the molecule is COc1ccc(C(Oc2ccccc2)C(=O)O)cc1. The monoisotopic (exact) mass is 258 g/mol. The van der Waals surface area contributed by atoms with Crippen LogP contribution in [-0.2, 0) is 4.79 Å². The van der Waals surface area contributed by atoms with E-state index in [9.17, 15) is 9.90 Å². The van der Waals surface area contributed by atoms with Gasteiger partial charge in [0.1, 0.15) is 11.5 Å². The van der Waals surface area contributed by atoms with Crippen molar-refractivity contribution < 1.29 is 19.4 Å². The van der Waals surface area contributed by atoms with Crippen LogP contribution < -0.4 is 9.47 Å². The minimum Gasteiger partial charge on any atom is -0.497 e. The summed E-state index contributed by atoms with van der Waals surface area (Å²) in [5.41, 5.74) is 0.567. The quantitative estimate of drug-likeness (QED) is 0.895. The summed E-state index contributed by atoms with van der Waals surface area (Å²) in [5, 5.41) is 9.26. The summed E-state index contributed by atoms with van der Waals surface area (Å²) in [6.45, 7) is 0. The van der Waals surface area contributed by atoms with E-state index in [0.29, 0.717) is 17.1 Å². The minimum absolute atomic E-state index is 0.519. The third kappa shape index (κ3) is 3.25. The number of carboxylic acids is 1. The Hall–Kier alpha value is -2.49. The Bertz CT molecular complexity index is 534. The van der Waals surface area contributed by atoms with Crippen LogP contribution in [0.15, 0.2) is 54.6 Å². The first-order chi connectivity index (χ1) is 9.20. The summed E-state index contributed by atoms with van der Waals surface area (Å²) in [6.07, 6.45) is -1.03. The van der Waals surface area contributed by atoms with Crippen molar-refractivity contribution in [3.63, 3.8) is 0 Å². The maximum absolute atomic E-state index is 11.3. The van der Waals surface area contributed by atoms with Crippen LogP contribution in [-0.4, -0.2) is 18.2 Å². The summed E-state index contributed by atoms with van der Waals surface area (Å²) in [4.78, 5) is 11.3. The van der Waals surface area contributed by atoms with Gasteiger partial charge in [0.15, 0.2) is 0 Å². The van der Waals surface area contributed by atoms with Crippen molar-refractivity contribution in [2.45, 2.75) is 6.10 Å². The highest BCUT2D eigenvalue weighted by molar-refractivity contribution is 5.75. The Balaban J connectivity index is 2.22. The summed E-state index contributed by atoms with van der Waals surface area (Å²) in [6, 6.07) is 15.7. The molecular weight excluding hydrogens is 244 g/mol. The topological polar surface area (TPSA) is 55.8 Å². The second-order valence-electron chi connectivity index (χ2n) is 3.92. The molecule has 0 radical (unpaired) electrons. The normalized spacial score (nSPS) is 11.6. The first kappa shape index (κ1) is 13.0. The van der Waals surface area contributed by atoms with Gasteiger partial charge in [-0.3, -0.25) is 0 Å². The van der Waals surface area contributed by atoms with Gasteiger partial charge < -0.3 is 14.6 Å². The molecule has 0 heterocycles. The number of carbonyl (C=O) groups is 1. The van der Waals surface area contributed by atoms with Crippen LogP contribution in [0.25, 0.3) is 0 Å². The molecule has 2 aromatic carbocycles. The molecule has 1 unspecified atom stereocenters. The van der Waals surface area contributed by atoms with E-state index >= 15 is 0 Å². The lowest BCUT2D eigenvalue weighted by atomic mass is 10.1. The van der Waals surface area contributed by atoms with Crippen LogP contribution in [0, 0.1) is 0 Å². The van der Waals surface area contributed by atoms with Crippen molar-refractivity contribution in [2.24, 2.45) is 0 Å². The van der Waals surface area contributed by atoms with Gasteiger partial charge >= 0.3 is 5.97 Å². The largest absolute Gasteiger partial charge is 0.497 e. The fourth-order valence-electron chi connectivity index (χ4n) is 1.67. The van der Waals surface area contributed by atoms with Crippen molar-refractivity contribution in [3.05, 3.63) is 60.2 Å². The lowest BCUT2D eigenvalue weighted by Crippen LogP contribution is -2.18. The standard InChI is InChI=1S/C15H14O4/c1-18-12-9-7-11(8-10-12)14(15(16)17)19-13-5-3-2-4-6-13/h2-10,14H,1H3,(H,16,17). The zero-order chi connectivity index (χ0) is 13.7. The van der Waals surface area contributed by atoms with Crippen LogP contribution in [0.3, 0.4) is 0 Å². The van der Waals surface area contributed by atoms with Crippen LogP contribution in [0.2, 0.25) is 0 Å². The molecule has 2 aromatic rings. The molecule has 0 fully saturated rings. The molecule has 0 saturated heterocycles. The molecule has 0 spiro atoms. The molecule has 1 N–H and O–H groups in total. The predicted molar refractivity (Wildman–Crippen MR) is 70.4 cm³/mol. The molecule has 98 valence electrons. The van der Waals surface area contributed by atoms with E-state index in [1.165, 1.54) is 0 Å². The number of carboxylic acid groups (broad SMARTS) is 1. The van der Waals surface area contributed by atoms with Crippen molar-refractivity contribution in [3.8, 4) is 11.5 Å². The Labute approximate surface area is 111 Å². The summed E-state index contributed by atoms with van der Waals surface area (Å²) in [7, 11) is 1.56. The van der Waals surface area contributed by atoms with Crippen molar-refractivity contribution in [1.29, 1.82) is 0 Å². The highest BCUT2D eigenvalue weighted by Crippen LogP contribution is 2.23. The molecule has 0 bridgehead atoms. The van der Waals surface area contributed by atoms with Gasteiger partial charge in [-0.05, 0) is 24.3 Å². The van der Waals surface area contributed by atoms with Gasteiger partial charge in [0.05, 0.1) is 7.11 Å². The van der Waals surface area contributed by atoms with E-state index in [1.807, 2.05) is 6.07 Å². The number of aliphatic carboxylic acids is 1. The van der Waals surface area contributed by atoms with Crippen LogP contribution in [0.5, 0.6) is 11.5 Å². The number of rotatable bonds is 5.